The first-order valence-corrected chi connectivity index (χ1v) is 9.71. The quantitative estimate of drug-likeness (QED) is 0.231. The van der Waals surface area contributed by atoms with E-state index >= 15 is 0 Å². The van der Waals surface area contributed by atoms with Crippen LogP contribution in [0.3, 0.4) is 0 Å². The molecule has 4 atom stereocenters. The molecule has 4 unspecified atom stereocenters. The number of carboxylic acids is 2. The van der Waals surface area contributed by atoms with E-state index in [9.17, 15) is 29.1 Å². The van der Waals surface area contributed by atoms with Crippen molar-refractivity contribution in [2.45, 2.75) is 64.1 Å². The Morgan fingerprint density at radius 3 is 2.34 bits per heavy atom. The van der Waals surface area contributed by atoms with Crippen molar-refractivity contribution in [2.75, 3.05) is 13.1 Å². The highest BCUT2D eigenvalue weighted by Gasteiger charge is 2.30. The summed E-state index contributed by atoms with van der Waals surface area (Å²) < 4.78 is 0. The van der Waals surface area contributed by atoms with Gasteiger partial charge in [0.25, 0.3) is 0 Å². The molecular formula is C18H30N4O7. The maximum Gasteiger partial charge on any atom is 0.326 e. The van der Waals surface area contributed by atoms with E-state index in [2.05, 4.69) is 21.3 Å². The molecule has 0 aromatic heterocycles. The predicted molar refractivity (Wildman–Crippen MR) is 102 cm³/mol. The average molecular weight is 414 g/mol. The van der Waals surface area contributed by atoms with Gasteiger partial charge in [0.15, 0.2) is 0 Å². The third-order valence-electron chi connectivity index (χ3n) is 4.88. The van der Waals surface area contributed by atoms with Gasteiger partial charge >= 0.3 is 11.9 Å². The van der Waals surface area contributed by atoms with Crippen LogP contribution in [0.15, 0.2) is 0 Å². The summed E-state index contributed by atoms with van der Waals surface area (Å²) in [5.41, 5.74) is 0. The zero-order chi connectivity index (χ0) is 22.0. The van der Waals surface area contributed by atoms with Gasteiger partial charge in [0.2, 0.25) is 17.7 Å². The lowest BCUT2D eigenvalue weighted by Crippen LogP contribution is -2.55. The van der Waals surface area contributed by atoms with Crippen molar-refractivity contribution >= 4 is 29.7 Å². The summed E-state index contributed by atoms with van der Waals surface area (Å²) in [4.78, 5) is 58.8. The van der Waals surface area contributed by atoms with Gasteiger partial charge < -0.3 is 31.5 Å². The van der Waals surface area contributed by atoms with Crippen molar-refractivity contribution < 1.29 is 34.2 Å². The van der Waals surface area contributed by atoms with E-state index in [0.29, 0.717) is 12.8 Å². The number of nitrogens with one attached hydrogen (secondary N) is 4. The maximum atomic E-state index is 12.5. The van der Waals surface area contributed by atoms with E-state index in [1.165, 1.54) is 0 Å². The van der Waals surface area contributed by atoms with E-state index in [4.69, 9.17) is 5.11 Å². The van der Waals surface area contributed by atoms with Gasteiger partial charge in [-0.25, -0.2) is 4.79 Å². The number of carbonyl (C=O) groups is 5. The maximum absolute atomic E-state index is 12.5. The van der Waals surface area contributed by atoms with Crippen molar-refractivity contribution in [3.63, 3.8) is 0 Å². The molecule has 11 heteroatoms. The lowest BCUT2D eigenvalue weighted by molar-refractivity contribution is -0.144. The molecule has 0 radical (unpaired) electrons. The molecule has 0 saturated carbocycles. The van der Waals surface area contributed by atoms with Crippen LogP contribution in [0.5, 0.6) is 0 Å². The van der Waals surface area contributed by atoms with Crippen molar-refractivity contribution in [3.05, 3.63) is 0 Å². The molecule has 3 amide bonds. The van der Waals surface area contributed by atoms with Crippen molar-refractivity contribution in [1.29, 1.82) is 0 Å². The van der Waals surface area contributed by atoms with Crippen molar-refractivity contribution in [2.24, 2.45) is 5.92 Å². The topological polar surface area (TPSA) is 174 Å². The molecule has 0 aromatic carbocycles. The Kier molecular flexibility index (Phi) is 10.1. The van der Waals surface area contributed by atoms with Crippen LogP contribution in [-0.2, 0) is 24.0 Å². The zero-order valence-electron chi connectivity index (χ0n) is 16.7. The lowest BCUT2D eigenvalue weighted by atomic mass is 9.98. The molecule has 0 aliphatic carbocycles. The van der Waals surface area contributed by atoms with Crippen LogP contribution in [0.2, 0.25) is 0 Å². The molecular weight excluding hydrogens is 384 g/mol. The van der Waals surface area contributed by atoms with Gasteiger partial charge in [0.05, 0.1) is 12.6 Å². The minimum absolute atomic E-state index is 0.210. The summed E-state index contributed by atoms with van der Waals surface area (Å²) >= 11 is 0. The fourth-order valence-electron chi connectivity index (χ4n) is 2.92. The minimum atomic E-state index is -1.23. The number of hydrogen-bond donors (Lipinski definition) is 6. The Hall–Kier alpha value is -2.69. The van der Waals surface area contributed by atoms with Crippen LogP contribution in [0.4, 0.5) is 0 Å². The van der Waals surface area contributed by atoms with Gasteiger partial charge in [-0.2, -0.15) is 0 Å². The van der Waals surface area contributed by atoms with Crippen LogP contribution in [0, 0.1) is 5.92 Å². The van der Waals surface area contributed by atoms with Gasteiger partial charge in [-0.05, 0) is 31.7 Å². The van der Waals surface area contributed by atoms with Crippen LogP contribution in [0.25, 0.3) is 0 Å². The van der Waals surface area contributed by atoms with Gasteiger partial charge in [0, 0.05) is 6.42 Å². The Morgan fingerprint density at radius 1 is 1.14 bits per heavy atom. The van der Waals surface area contributed by atoms with Gasteiger partial charge in [-0.3, -0.25) is 19.2 Å². The third kappa shape index (κ3) is 8.46. The summed E-state index contributed by atoms with van der Waals surface area (Å²) in [7, 11) is 0. The Morgan fingerprint density at radius 2 is 1.83 bits per heavy atom. The second kappa shape index (κ2) is 12.0. The summed E-state index contributed by atoms with van der Waals surface area (Å²) in [6.07, 6.45) is 1.44. The van der Waals surface area contributed by atoms with Crippen LogP contribution < -0.4 is 21.3 Å². The van der Waals surface area contributed by atoms with Crippen molar-refractivity contribution in [1.82, 2.24) is 21.3 Å². The molecule has 164 valence electrons. The second-order valence-electron chi connectivity index (χ2n) is 7.13. The van der Waals surface area contributed by atoms with E-state index in [0.717, 1.165) is 13.0 Å². The van der Waals surface area contributed by atoms with E-state index in [-0.39, 0.29) is 30.8 Å². The number of aliphatic carboxylic acids is 2. The fraction of sp³-hybridized carbons (Fsp3) is 0.722. The molecule has 1 rings (SSSR count). The normalized spacial score (nSPS) is 18.9. The Bertz CT molecular complexity index is 619. The second-order valence-corrected chi connectivity index (χ2v) is 7.13. The number of carboxylic acid groups (broad SMARTS) is 2. The fourth-order valence-corrected chi connectivity index (χ4v) is 2.92. The first kappa shape index (κ1) is 24.3. The van der Waals surface area contributed by atoms with Crippen molar-refractivity contribution in [3.8, 4) is 0 Å². The first-order chi connectivity index (χ1) is 13.6. The smallest absolute Gasteiger partial charge is 0.326 e. The number of rotatable bonds is 12. The summed E-state index contributed by atoms with van der Waals surface area (Å²) in [5, 5.41) is 28.4. The number of hydrogen-bond acceptors (Lipinski definition) is 6. The van der Waals surface area contributed by atoms with Gasteiger partial charge in [-0.1, -0.05) is 20.3 Å². The highest BCUT2D eigenvalue weighted by molar-refractivity contribution is 5.92. The third-order valence-corrected chi connectivity index (χ3v) is 4.88. The summed E-state index contributed by atoms with van der Waals surface area (Å²) in [6, 6.07) is -2.75. The van der Waals surface area contributed by atoms with Gasteiger partial charge in [-0.15, -0.1) is 0 Å². The average Bonchev–Trinajstić information content (AvgIpc) is 3.21. The van der Waals surface area contributed by atoms with Gasteiger partial charge in [0.1, 0.15) is 12.1 Å². The largest absolute Gasteiger partial charge is 0.481 e. The number of amides is 3. The molecule has 1 saturated heterocycles. The molecule has 0 aromatic rings. The molecule has 0 bridgehead atoms. The molecule has 1 heterocycles. The summed E-state index contributed by atoms with van der Waals surface area (Å²) in [6.45, 7) is 3.79. The Balaban J connectivity index is 2.68. The van der Waals surface area contributed by atoms with E-state index in [1.54, 1.807) is 13.8 Å². The highest BCUT2D eigenvalue weighted by Crippen LogP contribution is 2.09. The standard InChI is InChI=1S/C18H30N4O7/c1-3-10(2)15(18(28)29)22-17(27)12(6-7-14(24)25)21-13(23)9-20-16(26)11-5-4-8-19-11/h10-12,15,19H,3-9H2,1-2H3,(H,20,26)(H,21,23)(H,22,27)(H,24,25)(H,28,29). The highest BCUT2D eigenvalue weighted by atomic mass is 16.4. The zero-order valence-corrected chi connectivity index (χ0v) is 16.7. The predicted octanol–water partition coefficient (Wildman–Crippen LogP) is -1.18. The molecule has 11 nitrogen and oxygen atoms in total. The molecule has 1 aliphatic rings. The summed E-state index contributed by atoms with van der Waals surface area (Å²) in [5.74, 6) is -4.51. The molecule has 1 aliphatic heterocycles. The molecule has 6 N–H and O–H groups in total. The lowest BCUT2D eigenvalue weighted by Gasteiger charge is -2.24. The minimum Gasteiger partial charge on any atom is -0.481 e. The monoisotopic (exact) mass is 414 g/mol. The first-order valence-electron chi connectivity index (χ1n) is 9.71. The van der Waals surface area contributed by atoms with Crippen LogP contribution >= 0.6 is 0 Å². The van der Waals surface area contributed by atoms with E-state index < -0.39 is 42.3 Å². The van der Waals surface area contributed by atoms with E-state index in [1.807, 2.05) is 0 Å². The molecule has 1 fully saturated rings. The Labute approximate surface area is 169 Å². The number of carbonyl (C=O) groups excluding carboxylic acids is 3. The molecule has 0 spiro atoms. The molecule has 29 heavy (non-hydrogen) atoms. The van der Waals surface area contributed by atoms with Crippen LogP contribution in [0.1, 0.15) is 46.0 Å². The van der Waals surface area contributed by atoms with Crippen LogP contribution in [-0.4, -0.2) is 71.1 Å². The SMILES string of the molecule is CCC(C)C(NC(=O)C(CCC(=O)O)NC(=O)CNC(=O)C1CCCN1)C(=O)O.